The molecule has 4 fully saturated rings. The molecular formula is C38H46O16. The topological polar surface area (TPSA) is 227 Å². The van der Waals surface area contributed by atoms with Crippen LogP contribution < -0.4 is 9.47 Å². The molecule has 0 bridgehead atoms. The second-order valence-electron chi connectivity index (χ2n) is 14.5. The Labute approximate surface area is 310 Å². The summed E-state index contributed by atoms with van der Waals surface area (Å²) >= 11 is 0. The number of fused-ring (bicyclic) bond motifs is 3. The standard InChI is InChI=1S/C38H46O16/c1-18(40)49-27-14-25(22-7-8-23-36(46)52-28(21-11-12-48-17-21)15-38(23,3)31(22)35(27)50-19(2)41)51-30(42)10-6-20-5-9-24(26(13-20)47-4)53-37-34(45)33(44)32(43)29(16-39)54-37/h5-6,9-13,17,22-23,25,27-29,31-35,37,39,43-45H,7-8,14-16H2,1-4H3. The number of rotatable bonds is 10. The highest BCUT2D eigenvalue weighted by Gasteiger charge is 2.64. The lowest BCUT2D eigenvalue weighted by Crippen LogP contribution is -2.63. The zero-order valence-electron chi connectivity index (χ0n) is 30.3. The highest BCUT2D eigenvalue weighted by Crippen LogP contribution is 2.61. The third-order valence-corrected chi connectivity index (χ3v) is 11.1. The molecule has 0 spiro atoms. The SMILES string of the molecule is COc1cc(C=CC(=O)OC2CC(OC(C)=O)C(OC(C)=O)C3C2CCC2C(=O)OC(c4ccoc4)CC23C)ccc1OC1OC(CO)C(O)C(O)C1O. The number of cyclic esters (lactones) is 1. The number of aliphatic hydroxyl groups is 4. The largest absolute Gasteiger partial charge is 0.493 e. The fraction of sp³-hybridized carbons (Fsp3) is 0.579. The lowest BCUT2D eigenvalue weighted by Gasteiger charge is -2.59. The van der Waals surface area contributed by atoms with Gasteiger partial charge in [-0.2, -0.15) is 0 Å². The smallest absolute Gasteiger partial charge is 0.331 e. The molecular weight excluding hydrogens is 712 g/mol. The van der Waals surface area contributed by atoms with Gasteiger partial charge in [0.05, 0.1) is 32.2 Å². The molecule has 4 N–H and O–H groups in total. The normalized spacial score (nSPS) is 36.3. The van der Waals surface area contributed by atoms with Crippen LogP contribution >= 0.6 is 0 Å². The third kappa shape index (κ3) is 7.84. The van der Waals surface area contributed by atoms with Crippen molar-refractivity contribution in [2.75, 3.05) is 13.7 Å². The van der Waals surface area contributed by atoms with Crippen LogP contribution in [0.4, 0.5) is 0 Å². The highest BCUT2D eigenvalue weighted by molar-refractivity contribution is 5.87. The first-order chi connectivity index (χ1) is 25.7. The van der Waals surface area contributed by atoms with E-state index in [9.17, 15) is 39.6 Å². The number of carbonyl (C=O) groups is 4. The average Bonchev–Trinajstić information content (AvgIpc) is 3.67. The maximum Gasteiger partial charge on any atom is 0.331 e. The van der Waals surface area contributed by atoms with Gasteiger partial charge in [0, 0.05) is 43.7 Å². The first-order valence-electron chi connectivity index (χ1n) is 17.8. The average molecular weight is 759 g/mol. The van der Waals surface area contributed by atoms with Crippen LogP contribution in [0.1, 0.15) is 63.7 Å². The molecule has 16 heteroatoms. The molecule has 16 nitrogen and oxygen atoms in total. The molecule has 6 rings (SSSR count). The van der Waals surface area contributed by atoms with Crippen LogP contribution in [0.2, 0.25) is 0 Å². The lowest BCUT2D eigenvalue weighted by atomic mass is 9.49. The van der Waals surface area contributed by atoms with Crippen LogP contribution in [-0.4, -0.2) is 107 Å². The summed E-state index contributed by atoms with van der Waals surface area (Å²) in [6, 6.07) is 6.34. The molecule has 2 aliphatic carbocycles. The van der Waals surface area contributed by atoms with E-state index in [4.69, 9.17) is 37.6 Å². The van der Waals surface area contributed by atoms with E-state index < -0.39 is 96.9 Å². The Kier molecular flexibility index (Phi) is 11.7. The van der Waals surface area contributed by atoms with Gasteiger partial charge in [0.25, 0.3) is 0 Å². The monoisotopic (exact) mass is 758 g/mol. The number of esters is 4. The van der Waals surface area contributed by atoms with E-state index in [1.165, 1.54) is 51.7 Å². The number of methoxy groups -OCH3 is 1. The number of benzene rings is 1. The highest BCUT2D eigenvalue weighted by atomic mass is 16.7. The van der Waals surface area contributed by atoms with Gasteiger partial charge in [-0.1, -0.05) is 13.0 Å². The van der Waals surface area contributed by atoms with Crippen LogP contribution in [-0.2, 0) is 42.9 Å². The molecule has 1 aromatic carbocycles. The van der Waals surface area contributed by atoms with Crippen molar-refractivity contribution in [2.24, 2.45) is 23.2 Å². The van der Waals surface area contributed by atoms with Crippen molar-refractivity contribution in [1.29, 1.82) is 0 Å². The minimum atomic E-state index is -1.63. The maximum absolute atomic E-state index is 13.5. The molecule has 3 heterocycles. The van der Waals surface area contributed by atoms with Gasteiger partial charge in [-0.05, 0) is 54.5 Å². The lowest BCUT2D eigenvalue weighted by molar-refractivity contribution is -0.277. The van der Waals surface area contributed by atoms with Crippen molar-refractivity contribution >= 4 is 30.0 Å². The van der Waals surface area contributed by atoms with E-state index in [1.807, 2.05) is 6.92 Å². The van der Waals surface area contributed by atoms with Crippen molar-refractivity contribution in [3.05, 3.63) is 54.0 Å². The van der Waals surface area contributed by atoms with Gasteiger partial charge in [0.2, 0.25) is 6.29 Å². The molecule has 0 radical (unpaired) electrons. The van der Waals surface area contributed by atoms with Crippen LogP contribution in [0.3, 0.4) is 0 Å². The summed E-state index contributed by atoms with van der Waals surface area (Å²) in [4.78, 5) is 51.8. The summed E-state index contributed by atoms with van der Waals surface area (Å²) in [6.07, 6.45) is -3.64. The number of hydrogen-bond acceptors (Lipinski definition) is 16. The summed E-state index contributed by atoms with van der Waals surface area (Å²) < 4.78 is 45.4. The minimum Gasteiger partial charge on any atom is -0.493 e. The van der Waals surface area contributed by atoms with Crippen molar-refractivity contribution in [2.45, 2.75) is 102 Å². The van der Waals surface area contributed by atoms with Gasteiger partial charge in [-0.25, -0.2) is 4.79 Å². The molecule has 1 aromatic heterocycles. The van der Waals surface area contributed by atoms with Gasteiger partial charge in [0.1, 0.15) is 48.8 Å². The van der Waals surface area contributed by atoms with E-state index in [-0.39, 0.29) is 29.8 Å². The fourth-order valence-electron chi connectivity index (χ4n) is 8.70. The Morgan fingerprint density at radius 2 is 1.72 bits per heavy atom. The molecule has 54 heavy (non-hydrogen) atoms. The van der Waals surface area contributed by atoms with E-state index in [0.29, 0.717) is 30.4 Å². The molecule has 2 aromatic rings. The van der Waals surface area contributed by atoms with E-state index >= 15 is 0 Å². The van der Waals surface area contributed by atoms with Gasteiger partial charge < -0.3 is 58.0 Å². The number of aliphatic hydroxyl groups excluding tert-OH is 4. The zero-order valence-corrected chi connectivity index (χ0v) is 30.3. The van der Waals surface area contributed by atoms with Gasteiger partial charge in [-0.3, -0.25) is 14.4 Å². The fourth-order valence-corrected chi connectivity index (χ4v) is 8.70. The number of furan rings is 1. The number of carbonyl (C=O) groups excluding carboxylic acids is 4. The number of ether oxygens (including phenoxy) is 7. The minimum absolute atomic E-state index is 0.0619. The quantitative estimate of drug-likeness (QED) is 0.154. The predicted octanol–water partition coefficient (Wildman–Crippen LogP) is 2.00. The Bertz CT molecular complexity index is 1700. The van der Waals surface area contributed by atoms with Crippen molar-refractivity contribution in [3.8, 4) is 11.5 Å². The molecule has 2 saturated heterocycles. The van der Waals surface area contributed by atoms with Gasteiger partial charge >= 0.3 is 23.9 Å². The molecule has 4 aliphatic rings. The Morgan fingerprint density at radius 1 is 0.963 bits per heavy atom. The second-order valence-corrected chi connectivity index (χ2v) is 14.5. The third-order valence-electron chi connectivity index (χ3n) is 11.1. The molecule has 2 saturated carbocycles. The van der Waals surface area contributed by atoms with Crippen molar-refractivity contribution < 1.29 is 77.2 Å². The van der Waals surface area contributed by atoms with Crippen molar-refractivity contribution in [1.82, 2.24) is 0 Å². The summed E-state index contributed by atoms with van der Waals surface area (Å²) in [5, 5.41) is 40.1. The first kappa shape index (κ1) is 39.2. The second kappa shape index (κ2) is 16.1. The zero-order chi connectivity index (χ0) is 38.9. The summed E-state index contributed by atoms with van der Waals surface area (Å²) in [5.41, 5.74) is 0.369. The van der Waals surface area contributed by atoms with Crippen molar-refractivity contribution in [3.63, 3.8) is 0 Å². The molecule has 2 aliphatic heterocycles. The molecule has 294 valence electrons. The summed E-state index contributed by atoms with van der Waals surface area (Å²) in [7, 11) is 1.37. The van der Waals surface area contributed by atoms with Crippen LogP contribution in [0.15, 0.2) is 47.3 Å². The van der Waals surface area contributed by atoms with Crippen LogP contribution in [0.5, 0.6) is 11.5 Å². The Morgan fingerprint density at radius 3 is 2.39 bits per heavy atom. The van der Waals surface area contributed by atoms with E-state index in [1.54, 1.807) is 18.2 Å². The Balaban J connectivity index is 1.22. The van der Waals surface area contributed by atoms with Gasteiger partial charge in [0.15, 0.2) is 11.5 Å². The van der Waals surface area contributed by atoms with E-state index in [0.717, 1.165) is 0 Å². The Hall–Kier alpha value is -4.48. The first-order valence-corrected chi connectivity index (χ1v) is 17.8. The molecule has 13 unspecified atom stereocenters. The van der Waals surface area contributed by atoms with E-state index in [2.05, 4.69) is 0 Å². The maximum atomic E-state index is 13.5. The molecule has 13 atom stereocenters. The van der Waals surface area contributed by atoms with Crippen LogP contribution in [0.25, 0.3) is 6.08 Å². The van der Waals surface area contributed by atoms with Gasteiger partial charge in [-0.15, -0.1) is 0 Å². The summed E-state index contributed by atoms with van der Waals surface area (Å²) in [5.74, 6) is -3.44. The molecule has 0 amide bonds. The van der Waals surface area contributed by atoms with Crippen LogP contribution in [0, 0.1) is 23.2 Å². The number of hydrogen-bond donors (Lipinski definition) is 4. The summed E-state index contributed by atoms with van der Waals surface area (Å²) in [6.45, 7) is 3.84. The predicted molar refractivity (Wildman–Crippen MR) is 182 cm³/mol.